The lowest BCUT2D eigenvalue weighted by Gasteiger charge is -2.33. The molecule has 1 amide bonds. The highest BCUT2D eigenvalue weighted by Crippen LogP contribution is 2.22. The van der Waals surface area contributed by atoms with E-state index in [1.807, 2.05) is 44.2 Å². The van der Waals surface area contributed by atoms with Crippen LogP contribution in [0.1, 0.15) is 32.9 Å². The van der Waals surface area contributed by atoms with E-state index < -0.39 is 10.0 Å². The van der Waals surface area contributed by atoms with Gasteiger partial charge in [0.2, 0.25) is 10.0 Å². The second-order valence-corrected chi connectivity index (χ2v) is 9.23. The van der Waals surface area contributed by atoms with Gasteiger partial charge in [0.15, 0.2) is 0 Å². The highest BCUT2D eigenvalue weighted by atomic mass is 32.2. The molecule has 144 valence electrons. The highest BCUT2D eigenvalue weighted by Gasteiger charge is 2.29. The molecule has 0 spiro atoms. The Bertz CT molecular complexity index is 928. The molecular formula is C19H23N3O3S2. The molecule has 1 aromatic heterocycles. The third kappa shape index (κ3) is 4.63. The molecule has 0 aliphatic carbocycles. The van der Waals surface area contributed by atoms with Gasteiger partial charge < -0.3 is 4.90 Å². The van der Waals surface area contributed by atoms with E-state index in [0.717, 1.165) is 22.7 Å². The number of carbonyl (C=O) groups is 1. The summed E-state index contributed by atoms with van der Waals surface area (Å²) in [4.78, 5) is 19.5. The minimum Gasteiger partial charge on any atom is -0.335 e. The number of carbonyl (C=O) groups excluding carboxylic acids is 1. The van der Waals surface area contributed by atoms with Crippen LogP contribution in [0.2, 0.25) is 0 Å². The summed E-state index contributed by atoms with van der Waals surface area (Å²) in [6.07, 6.45) is 2.40. The van der Waals surface area contributed by atoms with Crippen LogP contribution in [0.15, 0.2) is 35.7 Å². The number of aryl methyl sites for hydroxylation is 2. The number of thiazole rings is 1. The summed E-state index contributed by atoms with van der Waals surface area (Å²) < 4.78 is 26.5. The molecule has 0 radical (unpaired) electrons. The van der Waals surface area contributed by atoms with Gasteiger partial charge in [0.25, 0.3) is 5.91 Å². The molecule has 0 atom stereocenters. The fraction of sp³-hybridized carbons (Fsp3) is 0.368. The first kappa shape index (κ1) is 19.7. The van der Waals surface area contributed by atoms with Crippen molar-refractivity contribution in [3.63, 3.8) is 0 Å². The third-order valence-electron chi connectivity index (χ3n) is 4.46. The van der Waals surface area contributed by atoms with Gasteiger partial charge in [-0.15, -0.1) is 11.3 Å². The molecule has 1 aromatic carbocycles. The molecule has 3 rings (SSSR count). The Balaban J connectivity index is 1.63. The van der Waals surface area contributed by atoms with Crippen LogP contribution in [0.3, 0.4) is 0 Å². The van der Waals surface area contributed by atoms with Crippen molar-refractivity contribution in [3.05, 3.63) is 56.9 Å². The number of hydrogen-bond donors (Lipinski definition) is 0. The van der Waals surface area contributed by atoms with E-state index in [1.165, 1.54) is 21.1 Å². The predicted molar refractivity (Wildman–Crippen MR) is 108 cm³/mol. The number of amides is 1. The van der Waals surface area contributed by atoms with Crippen LogP contribution in [0.25, 0.3) is 6.08 Å². The Morgan fingerprint density at radius 1 is 1.19 bits per heavy atom. The highest BCUT2D eigenvalue weighted by molar-refractivity contribution is 7.92. The number of hydrogen-bond acceptors (Lipinski definition) is 5. The van der Waals surface area contributed by atoms with Crippen LogP contribution in [-0.4, -0.2) is 54.7 Å². The lowest BCUT2D eigenvalue weighted by molar-refractivity contribution is 0.0702. The number of benzene rings is 1. The molecule has 1 aliphatic rings. The quantitative estimate of drug-likeness (QED) is 0.767. The monoisotopic (exact) mass is 405 g/mol. The summed E-state index contributed by atoms with van der Waals surface area (Å²) in [7, 11) is -3.50. The van der Waals surface area contributed by atoms with Crippen molar-refractivity contribution in [3.8, 4) is 0 Å². The van der Waals surface area contributed by atoms with Crippen molar-refractivity contribution in [1.29, 1.82) is 0 Å². The molecule has 0 bridgehead atoms. The maximum Gasteiger partial charge on any atom is 0.265 e. The number of piperazine rings is 1. The second kappa shape index (κ2) is 8.33. The van der Waals surface area contributed by atoms with Gasteiger partial charge in [-0.2, -0.15) is 4.31 Å². The van der Waals surface area contributed by atoms with E-state index in [2.05, 4.69) is 4.98 Å². The molecule has 1 saturated heterocycles. The Hall–Kier alpha value is -2.03. The van der Waals surface area contributed by atoms with Gasteiger partial charge in [0.05, 0.1) is 10.7 Å². The van der Waals surface area contributed by atoms with Gasteiger partial charge in [-0.25, -0.2) is 13.4 Å². The Kier molecular flexibility index (Phi) is 6.08. The zero-order chi connectivity index (χ0) is 19.4. The van der Waals surface area contributed by atoms with E-state index in [0.29, 0.717) is 31.1 Å². The smallest absolute Gasteiger partial charge is 0.265 e. The normalized spacial score (nSPS) is 16.1. The van der Waals surface area contributed by atoms with E-state index in [1.54, 1.807) is 11.0 Å². The van der Waals surface area contributed by atoms with E-state index in [9.17, 15) is 13.2 Å². The number of sulfonamides is 1. The number of rotatable bonds is 5. The average Bonchev–Trinajstić information content (AvgIpc) is 3.07. The summed E-state index contributed by atoms with van der Waals surface area (Å²) in [6, 6.07) is 9.32. The van der Waals surface area contributed by atoms with Crippen LogP contribution in [0.5, 0.6) is 0 Å². The van der Waals surface area contributed by atoms with Gasteiger partial charge in [0.1, 0.15) is 4.88 Å². The van der Waals surface area contributed by atoms with Gasteiger partial charge in [-0.3, -0.25) is 4.79 Å². The van der Waals surface area contributed by atoms with Crippen LogP contribution < -0.4 is 0 Å². The van der Waals surface area contributed by atoms with Gasteiger partial charge in [0, 0.05) is 31.6 Å². The van der Waals surface area contributed by atoms with E-state index in [-0.39, 0.29) is 5.91 Å². The summed E-state index contributed by atoms with van der Waals surface area (Å²) in [5, 5.41) is 2.18. The van der Waals surface area contributed by atoms with Crippen molar-refractivity contribution in [2.75, 3.05) is 26.2 Å². The fourth-order valence-electron chi connectivity index (χ4n) is 2.91. The summed E-state index contributed by atoms with van der Waals surface area (Å²) in [5.41, 5.74) is 1.59. The molecule has 2 heterocycles. The number of nitrogens with zero attached hydrogens (tertiary/aromatic N) is 3. The van der Waals surface area contributed by atoms with Crippen molar-refractivity contribution in [2.45, 2.75) is 20.3 Å². The van der Waals surface area contributed by atoms with Gasteiger partial charge >= 0.3 is 0 Å². The van der Waals surface area contributed by atoms with Crippen LogP contribution in [0.4, 0.5) is 0 Å². The Labute approximate surface area is 164 Å². The SMILES string of the molecule is CCc1nc(C)c(C(=O)N2CCN(S(=O)(=O)/C=C/c3ccccc3)CC2)s1. The van der Waals surface area contributed by atoms with Crippen molar-refractivity contribution in [2.24, 2.45) is 0 Å². The van der Waals surface area contributed by atoms with Crippen LogP contribution in [0, 0.1) is 6.92 Å². The first-order valence-corrected chi connectivity index (χ1v) is 11.2. The molecule has 0 unspecified atom stereocenters. The summed E-state index contributed by atoms with van der Waals surface area (Å²) in [6.45, 7) is 5.22. The maximum atomic E-state index is 12.7. The topological polar surface area (TPSA) is 70.6 Å². The first-order valence-electron chi connectivity index (χ1n) is 8.89. The zero-order valence-electron chi connectivity index (χ0n) is 15.5. The van der Waals surface area contributed by atoms with E-state index >= 15 is 0 Å². The molecule has 0 saturated carbocycles. The first-order chi connectivity index (χ1) is 12.9. The minimum absolute atomic E-state index is 0.0541. The van der Waals surface area contributed by atoms with Crippen LogP contribution >= 0.6 is 11.3 Å². The Morgan fingerprint density at radius 2 is 1.85 bits per heavy atom. The van der Waals surface area contributed by atoms with Crippen molar-refractivity contribution in [1.82, 2.24) is 14.2 Å². The van der Waals surface area contributed by atoms with Crippen molar-refractivity contribution < 1.29 is 13.2 Å². The molecule has 2 aromatic rings. The number of aromatic nitrogens is 1. The average molecular weight is 406 g/mol. The van der Waals surface area contributed by atoms with Gasteiger partial charge in [-0.05, 0) is 25.0 Å². The molecule has 1 fully saturated rings. The molecule has 6 nitrogen and oxygen atoms in total. The fourth-order valence-corrected chi connectivity index (χ4v) is 5.05. The molecular weight excluding hydrogens is 382 g/mol. The van der Waals surface area contributed by atoms with Crippen LogP contribution in [-0.2, 0) is 16.4 Å². The third-order valence-corrected chi connectivity index (χ3v) is 7.31. The minimum atomic E-state index is -3.50. The molecule has 1 aliphatic heterocycles. The van der Waals surface area contributed by atoms with E-state index in [4.69, 9.17) is 0 Å². The lowest BCUT2D eigenvalue weighted by atomic mass is 10.2. The predicted octanol–water partition coefficient (Wildman–Crippen LogP) is 2.77. The lowest BCUT2D eigenvalue weighted by Crippen LogP contribution is -2.50. The second-order valence-electron chi connectivity index (χ2n) is 6.33. The Morgan fingerprint density at radius 3 is 2.44 bits per heavy atom. The zero-order valence-corrected chi connectivity index (χ0v) is 17.1. The molecule has 27 heavy (non-hydrogen) atoms. The summed E-state index contributed by atoms with van der Waals surface area (Å²) >= 11 is 1.43. The van der Waals surface area contributed by atoms with Crippen molar-refractivity contribution >= 4 is 33.3 Å². The largest absolute Gasteiger partial charge is 0.335 e. The standard InChI is InChI=1S/C19H23N3O3S2/c1-3-17-20-15(2)18(26-17)19(23)21-10-12-22(13-11-21)27(24,25)14-9-16-7-5-4-6-8-16/h4-9,14H,3,10-13H2,1-2H3/b14-9+. The summed E-state index contributed by atoms with van der Waals surface area (Å²) in [5.74, 6) is -0.0541. The maximum absolute atomic E-state index is 12.7. The molecule has 8 heteroatoms. The van der Waals surface area contributed by atoms with Gasteiger partial charge in [-0.1, -0.05) is 37.3 Å². The molecule has 0 N–H and O–H groups in total.